The maximum absolute atomic E-state index is 13.7. The average Bonchev–Trinajstić information content (AvgIpc) is 2.90. The summed E-state index contributed by atoms with van der Waals surface area (Å²) < 4.78 is 19.4. The van der Waals surface area contributed by atoms with Gasteiger partial charge in [0.15, 0.2) is 0 Å². The second-order valence-electron chi connectivity index (χ2n) is 5.49. The Labute approximate surface area is 169 Å². The number of halogens is 2. The first-order valence-electron chi connectivity index (χ1n) is 7.92. The normalized spacial score (nSPS) is 15.5. The molecule has 2 aromatic carbocycles. The highest BCUT2D eigenvalue weighted by Crippen LogP contribution is 2.34. The van der Waals surface area contributed by atoms with E-state index in [0.717, 1.165) is 0 Å². The summed E-state index contributed by atoms with van der Waals surface area (Å²) >= 11 is 12.6. The van der Waals surface area contributed by atoms with Gasteiger partial charge in [-0.2, -0.15) is 0 Å². The Morgan fingerprint density at radius 3 is 2.70 bits per heavy atom. The van der Waals surface area contributed by atoms with Gasteiger partial charge in [-0.1, -0.05) is 53.8 Å². The van der Waals surface area contributed by atoms with Gasteiger partial charge in [-0.05, 0) is 42.8 Å². The van der Waals surface area contributed by atoms with Crippen molar-refractivity contribution >= 4 is 57.9 Å². The van der Waals surface area contributed by atoms with Gasteiger partial charge in [0, 0.05) is 6.54 Å². The number of hydrogen-bond acceptors (Lipinski definition) is 5. The van der Waals surface area contributed by atoms with Crippen molar-refractivity contribution < 1.29 is 18.7 Å². The zero-order chi connectivity index (χ0) is 19.6. The number of amides is 1. The minimum absolute atomic E-state index is 0.100. The van der Waals surface area contributed by atoms with Crippen LogP contribution in [0.25, 0.3) is 6.08 Å². The van der Waals surface area contributed by atoms with Crippen molar-refractivity contribution in [3.8, 4) is 5.75 Å². The van der Waals surface area contributed by atoms with Crippen molar-refractivity contribution in [3.05, 3.63) is 69.3 Å². The summed E-state index contributed by atoms with van der Waals surface area (Å²) in [5, 5.41) is 0.166. The van der Waals surface area contributed by atoms with Gasteiger partial charge in [-0.3, -0.25) is 9.69 Å². The van der Waals surface area contributed by atoms with Gasteiger partial charge in [0.1, 0.15) is 15.9 Å². The van der Waals surface area contributed by atoms with E-state index in [1.54, 1.807) is 18.2 Å². The molecule has 0 saturated carbocycles. The second-order valence-corrected chi connectivity index (χ2v) is 7.57. The molecule has 0 unspecified atom stereocenters. The van der Waals surface area contributed by atoms with E-state index in [9.17, 15) is 14.0 Å². The molecular formula is C19H13ClFNO3S2. The number of rotatable bonds is 4. The quantitative estimate of drug-likeness (QED) is 0.303. The van der Waals surface area contributed by atoms with Crippen LogP contribution in [-0.4, -0.2) is 27.6 Å². The number of nitrogens with zero attached hydrogens (tertiary/aromatic N) is 1. The van der Waals surface area contributed by atoms with Crippen molar-refractivity contribution in [3.63, 3.8) is 0 Å². The van der Waals surface area contributed by atoms with Crippen LogP contribution in [0.5, 0.6) is 5.75 Å². The molecule has 0 aromatic heterocycles. The maximum atomic E-state index is 13.7. The monoisotopic (exact) mass is 421 g/mol. The molecule has 138 valence electrons. The predicted molar refractivity (Wildman–Crippen MR) is 108 cm³/mol. The molecule has 1 aliphatic rings. The number of benzene rings is 2. The van der Waals surface area contributed by atoms with E-state index < -0.39 is 11.8 Å². The molecule has 1 saturated heterocycles. The fraction of sp³-hybridized carbons (Fsp3) is 0.105. The van der Waals surface area contributed by atoms with E-state index in [1.807, 2.05) is 6.92 Å². The molecule has 27 heavy (non-hydrogen) atoms. The molecule has 3 rings (SSSR count). The zero-order valence-electron chi connectivity index (χ0n) is 14.1. The van der Waals surface area contributed by atoms with Gasteiger partial charge >= 0.3 is 5.97 Å². The lowest BCUT2D eigenvalue weighted by atomic mass is 10.2. The third-order valence-corrected chi connectivity index (χ3v) is 5.41. The fourth-order valence-electron chi connectivity index (χ4n) is 2.40. The van der Waals surface area contributed by atoms with Crippen LogP contribution in [0.2, 0.25) is 5.02 Å². The molecule has 1 heterocycles. The molecule has 4 nitrogen and oxygen atoms in total. The molecule has 0 atom stereocenters. The molecule has 2 aromatic rings. The number of esters is 1. The Morgan fingerprint density at radius 1 is 1.33 bits per heavy atom. The Morgan fingerprint density at radius 2 is 2.07 bits per heavy atom. The van der Waals surface area contributed by atoms with E-state index in [1.165, 1.54) is 47.0 Å². The number of carbonyl (C=O) groups excluding carboxylic acids is 2. The molecule has 0 spiro atoms. The SMILES string of the molecule is CCN1C(=O)C(=Cc2ccc(OC(=O)c3ccccc3F)c(Cl)c2)SC1=S. The van der Waals surface area contributed by atoms with E-state index in [4.69, 9.17) is 28.6 Å². The number of thioether (sulfide) groups is 1. The maximum Gasteiger partial charge on any atom is 0.346 e. The molecule has 1 fully saturated rings. The smallest absolute Gasteiger partial charge is 0.346 e. The summed E-state index contributed by atoms with van der Waals surface area (Å²) in [5.41, 5.74) is 0.475. The minimum atomic E-state index is -0.841. The number of thiocarbonyl (C=S) groups is 1. The third-order valence-electron chi connectivity index (χ3n) is 3.74. The molecule has 0 radical (unpaired) electrons. The molecule has 0 N–H and O–H groups in total. The summed E-state index contributed by atoms with van der Waals surface area (Å²) in [7, 11) is 0. The van der Waals surface area contributed by atoms with Gasteiger partial charge in [-0.15, -0.1) is 0 Å². The van der Waals surface area contributed by atoms with Crippen LogP contribution in [0.15, 0.2) is 47.4 Å². The van der Waals surface area contributed by atoms with Gasteiger partial charge in [0.2, 0.25) is 0 Å². The summed E-state index contributed by atoms with van der Waals surface area (Å²) in [6, 6.07) is 10.2. The van der Waals surface area contributed by atoms with Gasteiger partial charge in [0.05, 0.1) is 15.5 Å². The molecule has 1 amide bonds. The number of hydrogen-bond donors (Lipinski definition) is 0. The summed E-state index contributed by atoms with van der Waals surface area (Å²) in [5.74, 6) is -1.57. The average molecular weight is 422 g/mol. The zero-order valence-corrected chi connectivity index (χ0v) is 16.5. The summed E-state index contributed by atoms with van der Waals surface area (Å²) in [4.78, 5) is 26.4. The van der Waals surface area contributed by atoms with Crippen molar-refractivity contribution in [1.82, 2.24) is 4.90 Å². The highest BCUT2D eigenvalue weighted by atomic mass is 35.5. The lowest BCUT2D eigenvalue weighted by molar-refractivity contribution is -0.121. The van der Waals surface area contributed by atoms with Crippen LogP contribution in [0.3, 0.4) is 0 Å². The largest absolute Gasteiger partial charge is 0.421 e. The molecule has 0 bridgehead atoms. The van der Waals surface area contributed by atoms with Crippen LogP contribution in [0.4, 0.5) is 4.39 Å². The Bertz CT molecular complexity index is 977. The van der Waals surface area contributed by atoms with Crippen molar-refractivity contribution in [1.29, 1.82) is 0 Å². The van der Waals surface area contributed by atoms with E-state index >= 15 is 0 Å². The van der Waals surface area contributed by atoms with Crippen LogP contribution in [0, 0.1) is 5.82 Å². The molecule has 1 aliphatic heterocycles. The third kappa shape index (κ3) is 4.21. The standard InChI is InChI=1S/C19H13ClFNO3S2/c1-2-22-17(23)16(27-19(22)26)10-11-7-8-15(13(20)9-11)25-18(24)12-5-3-4-6-14(12)21/h3-10H,2H2,1H3. The van der Waals surface area contributed by atoms with Crippen LogP contribution >= 0.6 is 35.6 Å². The molecule has 8 heteroatoms. The van der Waals surface area contributed by atoms with E-state index in [-0.39, 0.29) is 22.2 Å². The number of likely N-dealkylation sites (N-methyl/N-ethyl adjacent to an activating group) is 1. The Balaban J connectivity index is 1.80. The predicted octanol–water partition coefficient (Wildman–Crippen LogP) is 4.92. The van der Waals surface area contributed by atoms with Crippen LogP contribution < -0.4 is 4.74 Å². The highest BCUT2D eigenvalue weighted by Gasteiger charge is 2.30. The topological polar surface area (TPSA) is 46.6 Å². The van der Waals surface area contributed by atoms with Crippen molar-refractivity contribution in [2.75, 3.05) is 6.54 Å². The Hall–Kier alpha value is -2.22. The summed E-state index contributed by atoms with van der Waals surface area (Å²) in [6.45, 7) is 2.36. The highest BCUT2D eigenvalue weighted by molar-refractivity contribution is 8.26. The lowest BCUT2D eigenvalue weighted by Gasteiger charge is -2.09. The van der Waals surface area contributed by atoms with Gasteiger partial charge < -0.3 is 4.74 Å². The number of ether oxygens (including phenoxy) is 1. The van der Waals surface area contributed by atoms with Gasteiger partial charge in [-0.25, -0.2) is 9.18 Å². The molecule has 0 aliphatic carbocycles. The second kappa shape index (κ2) is 8.21. The first-order valence-corrected chi connectivity index (χ1v) is 9.52. The van der Waals surface area contributed by atoms with Gasteiger partial charge in [0.25, 0.3) is 5.91 Å². The molecular weight excluding hydrogens is 409 g/mol. The van der Waals surface area contributed by atoms with Crippen LogP contribution in [-0.2, 0) is 4.79 Å². The summed E-state index contributed by atoms with van der Waals surface area (Å²) in [6.07, 6.45) is 1.67. The van der Waals surface area contributed by atoms with Crippen molar-refractivity contribution in [2.24, 2.45) is 0 Å². The number of carbonyl (C=O) groups is 2. The van der Waals surface area contributed by atoms with E-state index in [0.29, 0.717) is 21.3 Å². The minimum Gasteiger partial charge on any atom is -0.421 e. The first kappa shape index (κ1) is 19.5. The lowest BCUT2D eigenvalue weighted by Crippen LogP contribution is -2.27. The van der Waals surface area contributed by atoms with Crippen molar-refractivity contribution in [2.45, 2.75) is 6.92 Å². The van der Waals surface area contributed by atoms with Crippen LogP contribution in [0.1, 0.15) is 22.8 Å². The first-order chi connectivity index (χ1) is 12.9. The van der Waals surface area contributed by atoms with E-state index in [2.05, 4.69) is 0 Å². The fourth-order valence-corrected chi connectivity index (χ4v) is 4.01. The Kier molecular flexibility index (Phi) is 5.94.